The maximum atomic E-state index is 5.98. The van der Waals surface area contributed by atoms with Crippen LogP contribution >= 0.6 is 0 Å². The smallest absolute Gasteiger partial charge is 0.146 e. The molecule has 0 aromatic carbocycles. The Morgan fingerprint density at radius 2 is 2.17 bits per heavy atom. The van der Waals surface area contributed by atoms with Gasteiger partial charge in [0.25, 0.3) is 0 Å². The van der Waals surface area contributed by atoms with Crippen molar-refractivity contribution < 1.29 is 0 Å². The largest absolute Gasteiger partial charge is 0.383 e. The average Bonchev–Trinajstić information content (AvgIpc) is 2.95. The minimum atomic E-state index is 0.304. The summed E-state index contributed by atoms with van der Waals surface area (Å²) in [5.41, 5.74) is 8.73. The third-order valence-corrected chi connectivity index (χ3v) is 2.99. The Hall–Kier alpha value is -2.37. The monoisotopic (exact) mass is 242 g/mol. The lowest BCUT2D eigenvalue weighted by Gasteiger charge is -2.07. The molecule has 0 unspecified atom stereocenters. The first kappa shape index (κ1) is 10.8. The van der Waals surface area contributed by atoms with Crippen molar-refractivity contribution in [1.29, 1.82) is 0 Å². The summed E-state index contributed by atoms with van der Waals surface area (Å²) in [7, 11) is 0. The van der Waals surface area contributed by atoms with Crippen molar-refractivity contribution in [1.82, 2.24) is 24.7 Å². The molecule has 3 heterocycles. The predicted molar refractivity (Wildman–Crippen MR) is 69.9 cm³/mol. The van der Waals surface area contributed by atoms with E-state index in [4.69, 9.17) is 5.73 Å². The molecule has 3 aromatic heterocycles. The van der Waals surface area contributed by atoms with E-state index in [1.165, 1.54) is 6.33 Å². The van der Waals surface area contributed by atoms with Crippen molar-refractivity contribution in [3.63, 3.8) is 0 Å². The topological polar surface area (TPSA) is 85.4 Å². The van der Waals surface area contributed by atoms with E-state index in [1.54, 1.807) is 6.20 Å². The zero-order chi connectivity index (χ0) is 12.7. The number of fused-ring (bicyclic) bond motifs is 1. The van der Waals surface area contributed by atoms with Crippen molar-refractivity contribution in [3.05, 3.63) is 24.8 Å². The number of hydrogen-bond acceptors (Lipinski definition) is 4. The van der Waals surface area contributed by atoms with Gasteiger partial charge in [-0.3, -0.25) is 5.10 Å². The highest BCUT2D eigenvalue weighted by Gasteiger charge is 2.16. The van der Waals surface area contributed by atoms with Crippen molar-refractivity contribution in [2.45, 2.75) is 19.9 Å². The summed E-state index contributed by atoms with van der Waals surface area (Å²) < 4.78 is 2.09. The molecule has 18 heavy (non-hydrogen) atoms. The fourth-order valence-electron chi connectivity index (χ4n) is 2.11. The zero-order valence-corrected chi connectivity index (χ0v) is 10.3. The number of aromatic nitrogens is 5. The zero-order valence-electron chi connectivity index (χ0n) is 10.3. The molecule has 0 aliphatic heterocycles. The van der Waals surface area contributed by atoms with E-state index >= 15 is 0 Å². The average molecular weight is 242 g/mol. The molecule has 0 aliphatic carbocycles. The summed E-state index contributed by atoms with van der Waals surface area (Å²) in [6.45, 7) is 4.21. The minimum Gasteiger partial charge on any atom is -0.383 e. The molecule has 3 N–H and O–H groups in total. The van der Waals surface area contributed by atoms with Crippen molar-refractivity contribution in [2.24, 2.45) is 0 Å². The molecular formula is C12H14N6. The van der Waals surface area contributed by atoms with E-state index in [0.717, 1.165) is 22.3 Å². The Kier molecular flexibility index (Phi) is 2.29. The summed E-state index contributed by atoms with van der Waals surface area (Å²) in [6, 6.07) is 2.21. The molecule has 0 fully saturated rings. The Morgan fingerprint density at radius 3 is 2.83 bits per heavy atom. The maximum Gasteiger partial charge on any atom is 0.146 e. The summed E-state index contributed by atoms with van der Waals surface area (Å²) >= 11 is 0. The van der Waals surface area contributed by atoms with E-state index in [0.29, 0.717) is 11.9 Å². The molecule has 0 saturated carbocycles. The molecule has 3 aromatic rings. The minimum absolute atomic E-state index is 0.304. The number of hydrogen-bond donors (Lipinski definition) is 2. The van der Waals surface area contributed by atoms with Gasteiger partial charge in [-0.05, 0) is 19.9 Å². The second-order valence-electron chi connectivity index (χ2n) is 4.47. The van der Waals surface area contributed by atoms with Crippen LogP contribution in [0.15, 0.2) is 24.8 Å². The van der Waals surface area contributed by atoms with Crippen LogP contribution in [-0.4, -0.2) is 24.7 Å². The molecule has 0 saturated heterocycles. The Labute approximate surface area is 104 Å². The molecule has 0 spiro atoms. The van der Waals surface area contributed by atoms with Crippen molar-refractivity contribution >= 4 is 16.9 Å². The van der Waals surface area contributed by atoms with Crippen LogP contribution < -0.4 is 5.73 Å². The van der Waals surface area contributed by atoms with Crippen LogP contribution in [0.4, 0.5) is 5.82 Å². The van der Waals surface area contributed by atoms with Gasteiger partial charge in [-0.1, -0.05) is 0 Å². The molecule has 0 radical (unpaired) electrons. The van der Waals surface area contributed by atoms with Crippen LogP contribution in [0.25, 0.3) is 22.3 Å². The number of rotatable bonds is 2. The SMILES string of the molecule is CC(C)n1cc(-c2ccn[nH]2)c2c(N)ncnc21. The van der Waals surface area contributed by atoms with Crippen LogP contribution in [0.5, 0.6) is 0 Å². The highest BCUT2D eigenvalue weighted by Crippen LogP contribution is 2.32. The van der Waals surface area contributed by atoms with Crippen LogP contribution in [0.1, 0.15) is 19.9 Å². The number of nitrogen functional groups attached to an aromatic ring is 1. The first-order valence-corrected chi connectivity index (χ1v) is 5.79. The Balaban J connectivity index is 2.39. The lowest BCUT2D eigenvalue weighted by atomic mass is 10.2. The van der Waals surface area contributed by atoms with Gasteiger partial charge in [0.2, 0.25) is 0 Å². The van der Waals surface area contributed by atoms with Gasteiger partial charge in [0.05, 0.1) is 11.1 Å². The lowest BCUT2D eigenvalue weighted by molar-refractivity contribution is 0.618. The second kappa shape index (κ2) is 3.83. The summed E-state index contributed by atoms with van der Waals surface area (Å²) in [5, 5.41) is 7.79. The molecular weight excluding hydrogens is 228 g/mol. The fourth-order valence-corrected chi connectivity index (χ4v) is 2.11. The van der Waals surface area contributed by atoms with Crippen molar-refractivity contribution in [2.75, 3.05) is 5.73 Å². The summed E-state index contributed by atoms with van der Waals surface area (Å²) in [5.74, 6) is 0.490. The first-order valence-electron chi connectivity index (χ1n) is 5.79. The fraction of sp³-hybridized carbons (Fsp3) is 0.250. The van der Waals surface area contributed by atoms with Crippen molar-refractivity contribution in [3.8, 4) is 11.3 Å². The van der Waals surface area contributed by atoms with Gasteiger partial charge < -0.3 is 10.3 Å². The van der Waals surface area contributed by atoms with E-state index in [9.17, 15) is 0 Å². The van der Waals surface area contributed by atoms with E-state index < -0.39 is 0 Å². The number of H-pyrrole nitrogens is 1. The normalized spacial score (nSPS) is 11.5. The third kappa shape index (κ3) is 1.46. The van der Waals surface area contributed by atoms with Crippen LogP contribution in [0.2, 0.25) is 0 Å². The van der Waals surface area contributed by atoms with E-state index in [-0.39, 0.29) is 0 Å². The second-order valence-corrected chi connectivity index (χ2v) is 4.47. The first-order chi connectivity index (χ1) is 8.68. The number of aromatic amines is 1. The predicted octanol–water partition coefficient (Wildman–Crippen LogP) is 1.98. The lowest BCUT2D eigenvalue weighted by Crippen LogP contribution is -2.00. The maximum absolute atomic E-state index is 5.98. The van der Waals surface area contributed by atoms with Crippen LogP contribution in [-0.2, 0) is 0 Å². The molecule has 0 atom stereocenters. The van der Waals surface area contributed by atoms with Gasteiger partial charge in [-0.15, -0.1) is 0 Å². The molecule has 3 rings (SSSR count). The number of nitrogens with zero attached hydrogens (tertiary/aromatic N) is 4. The molecule has 0 amide bonds. The van der Waals surface area contributed by atoms with Gasteiger partial charge >= 0.3 is 0 Å². The van der Waals surface area contributed by atoms with Gasteiger partial charge in [0.15, 0.2) is 0 Å². The summed E-state index contributed by atoms with van der Waals surface area (Å²) in [6.07, 6.45) is 5.25. The number of anilines is 1. The highest BCUT2D eigenvalue weighted by atomic mass is 15.1. The van der Waals surface area contributed by atoms with E-state index in [1.807, 2.05) is 12.3 Å². The molecule has 0 bridgehead atoms. The third-order valence-electron chi connectivity index (χ3n) is 2.99. The Morgan fingerprint density at radius 1 is 1.33 bits per heavy atom. The number of nitrogens with two attached hydrogens (primary N) is 1. The van der Waals surface area contributed by atoms with Gasteiger partial charge in [0.1, 0.15) is 17.8 Å². The molecule has 6 nitrogen and oxygen atoms in total. The molecule has 0 aliphatic rings. The highest BCUT2D eigenvalue weighted by molar-refractivity contribution is 5.99. The van der Waals surface area contributed by atoms with Crippen LogP contribution in [0.3, 0.4) is 0 Å². The number of nitrogens with one attached hydrogen (secondary N) is 1. The van der Waals surface area contributed by atoms with Crippen LogP contribution in [0, 0.1) is 0 Å². The summed E-state index contributed by atoms with van der Waals surface area (Å²) in [4.78, 5) is 8.40. The van der Waals surface area contributed by atoms with Gasteiger partial charge in [0, 0.05) is 24.0 Å². The Bertz CT molecular complexity index is 680. The van der Waals surface area contributed by atoms with E-state index in [2.05, 4.69) is 38.6 Å². The standard InChI is InChI=1S/C12H14N6/c1-7(2)18-5-8(9-3-4-16-17-9)10-11(13)14-6-15-12(10)18/h3-7H,1-2H3,(H,16,17)(H2,13,14,15). The quantitative estimate of drug-likeness (QED) is 0.719. The van der Waals surface area contributed by atoms with Gasteiger partial charge in [-0.25, -0.2) is 9.97 Å². The molecule has 92 valence electrons. The molecule has 6 heteroatoms. The van der Waals surface area contributed by atoms with Gasteiger partial charge in [-0.2, -0.15) is 5.10 Å².